The van der Waals surface area contributed by atoms with Crippen LogP contribution in [0.2, 0.25) is 0 Å². The van der Waals surface area contributed by atoms with Crippen molar-refractivity contribution < 1.29 is 14.7 Å². The molecule has 0 bridgehead atoms. The fourth-order valence-corrected chi connectivity index (χ4v) is 1.17. The number of rotatable bonds is 3. The van der Waals surface area contributed by atoms with Crippen LogP contribution in [0.4, 0.5) is 5.69 Å². The number of ketones is 1. The first-order valence-electron chi connectivity index (χ1n) is 4.26. The molecule has 1 aromatic carbocycles. The van der Waals surface area contributed by atoms with E-state index in [0.717, 1.165) is 0 Å². The number of allylic oxidation sites excluding steroid dienone is 1. The molecule has 1 aromatic rings. The minimum atomic E-state index is -1.17. The van der Waals surface area contributed by atoms with Gasteiger partial charge in [-0.05, 0) is 30.7 Å². The van der Waals surface area contributed by atoms with E-state index in [1.54, 1.807) is 0 Å². The Morgan fingerprint density at radius 1 is 1.33 bits per heavy atom. The SMILES string of the molecule is C=C(C)C(=O)c1ccc(N)cc1C(=O)O. The first-order valence-corrected chi connectivity index (χ1v) is 4.26. The monoisotopic (exact) mass is 205 g/mol. The normalized spacial score (nSPS) is 9.67. The van der Waals surface area contributed by atoms with Gasteiger partial charge in [-0.1, -0.05) is 6.58 Å². The summed E-state index contributed by atoms with van der Waals surface area (Å²) in [6.45, 7) is 5.01. The summed E-state index contributed by atoms with van der Waals surface area (Å²) in [4.78, 5) is 22.4. The highest BCUT2D eigenvalue weighted by atomic mass is 16.4. The molecule has 0 fully saturated rings. The van der Waals surface area contributed by atoms with Crippen LogP contribution in [-0.2, 0) is 0 Å². The van der Waals surface area contributed by atoms with Crippen LogP contribution < -0.4 is 5.73 Å². The van der Waals surface area contributed by atoms with Crippen molar-refractivity contribution >= 4 is 17.4 Å². The van der Waals surface area contributed by atoms with Crippen molar-refractivity contribution in [3.8, 4) is 0 Å². The number of hydrogen-bond acceptors (Lipinski definition) is 3. The van der Waals surface area contributed by atoms with E-state index in [0.29, 0.717) is 11.3 Å². The lowest BCUT2D eigenvalue weighted by Gasteiger charge is -2.05. The fraction of sp³-hybridized carbons (Fsp3) is 0.0909. The van der Waals surface area contributed by atoms with Crippen molar-refractivity contribution in [2.75, 3.05) is 5.73 Å². The molecule has 0 saturated carbocycles. The molecule has 3 N–H and O–H groups in total. The number of carbonyl (C=O) groups is 2. The molecule has 0 atom stereocenters. The zero-order chi connectivity index (χ0) is 11.6. The highest BCUT2D eigenvalue weighted by molar-refractivity contribution is 6.13. The lowest BCUT2D eigenvalue weighted by atomic mass is 9.99. The average Bonchev–Trinajstić information content (AvgIpc) is 2.16. The van der Waals surface area contributed by atoms with Crippen molar-refractivity contribution in [2.45, 2.75) is 6.92 Å². The van der Waals surface area contributed by atoms with Crippen LogP contribution in [0.1, 0.15) is 27.6 Å². The van der Waals surface area contributed by atoms with Crippen LogP contribution in [0.25, 0.3) is 0 Å². The molecular weight excluding hydrogens is 194 g/mol. The molecule has 0 unspecified atom stereocenters. The number of carbonyl (C=O) groups excluding carboxylic acids is 1. The minimum Gasteiger partial charge on any atom is -0.478 e. The Hall–Kier alpha value is -2.10. The van der Waals surface area contributed by atoms with Crippen LogP contribution in [0.5, 0.6) is 0 Å². The van der Waals surface area contributed by atoms with Gasteiger partial charge in [-0.2, -0.15) is 0 Å². The van der Waals surface area contributed by atoms with Gasteiger partial charge in [-0.3, -0.25) is 4.79 Å². The van der Waals surface area contributed by atoms with E-state index in [1.165, 1.54) is 25.1 Å². The molecule has 0 aliphatic carbocycles. The van der Waals surface area contributed by atoms with Crippen molar-refractivity contribution in [3.05, 3.63) is 41.5 Å². The first-order chi connectivity index (χ1) is 6.93. The Kier molecular flexibility index (Phi) is 2.90. The van der Waals surface area contributed by atoms with E-state index in [9.17, 15) is 9.59 Å². The topological polar surface area (TPSA) is 80.4 Å². The number of Topliss-reactive ketones (excluding diaryl/α,β-unsaturated/α-hetero) is 1. The number of hydrogen-bond donors (Lipinski definition) is 2. The van der Waals surface area contributed by atoms with Gasteiger partial charge in [0, 0.05) is 11.3 Å². The largest absolute Gasteiger partial charge is 0.478 e. The van der Waals surface area contributed by atoms with Crippen LogP contribution in [-0.4, -0.2) is 16.9 Å². The lowest BCUT2D eigenvalue weighted by molar-refractivity contribution is 0.0693. The molecule has 1 rings (SSSR count). The third-order valence-electron chi connectivity index (χ3n) is 1.91. The standard InChI is InChI=1S/C11H11NO3/c1-6(2)10(13)8-4-3-7(12)5-9(8)11(14)15/h3-5H,1,12H2,2H3,(H,14,15). The third-order valence-corrected chi connectivity index (χ3v) is 1.91. The van der Waals surface area contributed by atoms with Gasteiger partial charge in [0.05, 0.1) is 5.56 Å². The van der Waals surface area contributed by atoms with Crippen molar-refractivity contribution in [2.24, 2.45) is 0 Å². The molecule has 15 heavy (non-hydrogen) atoms. The summed E-state index contributed by atoms with van der Waals surface area (Å²) >= 11 is 0. The van der Waals surface area contributed by atoms with Gasteiger partial charge >= 0.3 is 5.97 Å². The predicted molar refractivity (Wildman–Crippen MR) is 57.0 cm³/mol. The van der Waals surface area contributed by atoms with Gasteiger partial charge in [0.25, 0.3) is 0 Å². The zero-order valence-electron chi connectivity index (χ0n) is 8.28. The number of nitrogens with two attached hydrogens (primary N) is 1. The summed E-state index contributed by atoms with van der Waals surface area (Å²) < 4.78 is 0. The second kappa shape index (κ2) is 3.96. The number of carboxylic acids is 1. The first kappa shape index (κ1) is 11.0. The molecule has 0 amide bonds. The number of benzene rings is 1. The van der Waals surface area contributed by atoms with E-state index in [4.69, 9.17) is 10.8 Å². The van der Waals surface area contributed by atoms with Crippen molar-refractivity contribution in [1.82, 2.24) is 0 Å². The number of aromatic carboxylic acids is 1. The van der Waals surface area contributed by atoms with Crippen molar-refractivity contribution in [3.63, 3.8) is 0 Å². The third kappa shape index (κ3) is 2.22. The van der Waals surface area contributed by atoms with Gasteiger partial charge in [0.15, 0.2) is 5.78 Å². The van der Waals surface area contributed by atoms with Gasteiger partial charge in [-0.15, -0.1) is 0 Å². The Bertz CT molecular complexity index is 449. The Morgan fingerprint density at radius 3 is 2.40 bits per heavy atom. The molecule has 0 radical (unpaired) electrons. The van der Waals surface area contributed by atoms with E-state index >= 15 is 0 Å². The minimum absolute atomic E-state index is 0.0944. The number of anilines is 1. The molecule has 4 nitrogen and oxygen atoms in total. The van der Waals surface area contributed by atoms with Gasteiger partial charge in [-0.25, -0.2) is 4.79 Å². The van der Waals surface area contributed by atoms with Crippen molar-refractivity contribution in [1.29, 1.82) is 0 Å². The highest BCUT2D eigenvalue weighted by Gasteiger charge is 2.16. The summed E-state index contributed by atoms with van der Waals surface area (Å²) in [7, 11) is 0. The molecule has 0 aliphatic heterocycles. The average molecular weight is 205 g/mol. The van der Waals surface area contributed by atoms with Crippen LogP contribution in [0, 0.1) is 0 Å². The molecule has 0 saturated heterocycles. The summed E-state index contributed by atoms with van der Waals surface area (Å²) in [6, 6.07) is 4.15. The summed E-state index contributed by atoms with van der Waals surface area (Å²) in [5.41, 5.74) is 6.07. The van der Waals surface area contributed by atoms with E-state index in [2.05, 4.69) is 6.58 Å². The molecule has 78 valence electrons. The van der Waals surface area contributed by atoms with Gasteiger partial charge in [0.2, 0.25) is 0 Å². The molecular formula is C11H11NO3. The quantitative estimate of drug-likeness (QED) is 0.447. The molecule has 4 heteroatoms. The van der Waals surface area contributed by atoms with E-state index in [1.807, 2.05) is 0 Å². The van der Waals surface area contributed by atoms with Crippen LogP contribution >= 0.6 is 0 Å². The molecule has 0 aromatic heterocycles. The maximum atomic E-state index is 11.6. The maximum Gasteiger partial charge on any atom is 0.336 e. The number of carboxylic acid groups (broad SMARTS) is 1. The Morgan fingerprint density at radius 2 is 1.93 bits per heavy atom. The predicted octanol–water partition coefficient (Wildman–Crippen LogP) is 1.73. The second-order valence-electron chi connectivity index (χ2n) is 3.22. The van der Waals surface area contributed by atoms with E-state index in [-0.39, 0.29) is 16.9 Å². The zero-order valence-corrected chi connectivity index (χ0v) is 8.28. The van der Waals surface area contributed by atoms with Gasteiger partial charge in [0.1, 0.15) is 0 Å². The number of nitrogen functional groups attached to an aromatic ring is 1. The van der Waals surface area contributed by atoms with Crippen LogP contribution in [0.15, 0.2) is 30.4 Å². The maximum absolute atomic E-state index is 11.6. The molecule has 0 heterocycles. The Labute approximate surface area is 87.0 Å². The smallest absolute Gasteiger partial charge is 0.336 e. The summed E-state index contributed by atoms with van der Waals surface area (Å²) in [5.74, 6) is -1.56. The van der Waals surface area contributed by atoms with Crippen LogP contribution in [0.3, 0.4) is 0 Å². The molecule has 0 spiro atoms. The highest BCUT2D eigenvalue weighted by Crippen LogP contribution is 2.16. The summed E-state index contributed by atoms with van der Waals surface area (Å²) in [5, 5.41) is 8.88. The Balaban J connectivity index is 3.35. The molecule has 0 aliphatic rings. The van der Waals surface area contributed by atoms with E-state index < -0.39 is 5.97 Å². The lowest BCUT2D eigenvalue weighted by Crippen LogP contribution is -2.09. The van der Waals surface area contributed by atoms with Gasteiger partial charge < -0.3 is 10.8 Å². The summed E-state index contributed by atoms with van der Waals surface area (Å²) in [6.07, 6.45) is 0. The fourth-order valence-electron chi connectivity index (χ4n) is 1.17. The second-order valence-corrected chi connectivity index (χ2v) is 3.22.